The van der Waals surface area contributed by atoms with E-state index in [1.165, 1.54) is 5.56 Å². The van der Waals surface area contributed by atoms with Crippen LogP contribution in [0.25, 0.3) is 0 Å². The van der Waals surface area contributed by atoms with Gasteiger partial charge >= 0.3 is 0 Å². The van der Waals surface area contributed by atoms with Gasteiger partial charge in [0.2, 0.25) is 0 Å². The standard InChI is InChI=1S/C17H31N3O/c1-8-14-13(10-11-18-12(3)4)15(9-2)20-16(19-14)17(5,6)21-7/h12,18H,8-11H2,1-7H3. The number of aryl methyl sites for hydroxylation is 2. The lowest BCUT2D eigenvalue weighted by atomic mass is 10.0. The van der Waals surface area contributed by atoms with Crippen molar-refractivity contribution >= 4 is 0 Å². The second kappa shape index (κ2) is 7.85. The molecule has 0 unspecified atom stereocenters. The van der Waals surface area contributed by atoms with Crippen molar-refractivity contribution in [2.24, 2.45) is 0 Å². The molecule has 120 valence electrons. The second-order valence-corrected chi connectivity index (χ2v) is 6.20. The smallest absolute Gasteiger partial charge is 0.160 e. The molecule has 0 aromatic carbocycles. The van der Waals surface area contributed by atoms with E-state index >= 15 is 0 Å². The van der Waals surface area contributed by atoms with Crippen LogP contribution in [0.4, 0.5) is 0 Å². The highest BCUT2D eigenvalue weighted by Crippen LogP contribution is 2.23. The molecule has 0 aliphatic carbocycles. The molecular formula is C17H31N3O. The monoisotopic (exact) mass is 293 g/mol. The first-order valence-corrected chi connectivity index (χ1v) is 8.03. The van der Waals surface area contributed by atoms with Gasteiger partial charge in [0.25, 0.3) is 0 Å². The molecule has 0 amide bonds. The summed E-state index contributed by atoms with van der Waals surface area (Å²) in [6.45, 7) is 13.6. The van der Waals surface area contributed by atoms with Crippen LogP contribution in [0.15, 0.2) is 0 Å². The van der Waals surface area contributed by atoms with Crippen molar-refractivity contribution in [1.82, 2.24) is 15.3 Å². The van der Waals surface area contributed by atoms with Gasteiger partial charge in [-0.2, -0.15) is 0 Å². The van der Waals surface area contributed by atoms with Crippen LogP contribution in [0.3, 0.4) is 0 Å². The molecule has 4 heteroatoms. The van der Waals surface area contributed by atoms with Gasteiger partial charge in [0, 0.05) is 24.5 Å². The molecule has 0 spiro atoms. The Morgan fingerprint density at radius 3 is 2.00 bits per heavy atom. The predicted octanol–water partition coefficient (Wildman–Crippen LogP) is 3.02. The minimum Gasteiger partial charge on any atom is -0.371 e. The van der Waals surface area contributed by atoms with Crippen molar-refractivity contribution in [3.63, 3.8) is 0 Å². The lowest BCUT2D eigenvalue weighted by Gasteiger charge is -2.24. The number of nitrogens with zero attached hydrogens (tertiary/aromatic N) is 2. The van der Waals surface area contributed by atoms with Gasteiger partial charge in [0.05, 0.1) is 0 Å². The number of aromatic nitrogens is 2. The summed E-state index contributed by atoms with van der Waals surface area (Å²) in [6.07, 6.45) is 2.84. The zero-order valence-electron chi connectivity index (χ0n) is 14.7. The zero-order chi connectivity index (χ0) is 16.0. The van der Waals surface area contributed by atoms with Crippen LogP contribution in [-0.2, 0) is 29.6 Å². The molecule has 1 N–H and O–H groups in total. The van der Waals surface area contributed by atoms with Crippen LogP contribution in [-0.4, -0.2) is 29.7 Å². The zero-order valence-corrected chi connectivity index (χ0v) is 14.7. The lowest BCUT2D eigenvalue weighted by Crippen LogP contribution is -2.28. The van der Waals surface area contributed by atoms with Gasteiger partial charge in [0.15, 0.2) is 5.82 Å². The molecular weight excluding hydrogens is 262 g/mol. The van der Waals surface area contributed by atoms with E-state index in [4.69, 9.17) is 14.7 Å². The van der Waals surface area contributed by atoms with Crippen LogP contribution in [0, 0.1) is 0 Å². The third-order valence-corrected chi connectivity index (χ3v) is 3.82. The van der Waals surface area contributed by atoms with Gasteiger partial charge in [-0.1, -0.05) is 27.7 Å². The van der Waals surface area contributed by atoms with E-state index in [9.17, 15) is 0 Å². The largest absolute Gasteiger partial charge is 0.371 e. The van der Waals surface area contributed by atoms with Gasteiger partial charge in [-0.15, -0.1) is 0 Å². The number of rotatable bonds is 8. The molecule has 0 fully saturated rings. The maximum atomic E-state index is 5.54. The molecule has 4 nitrogen and oxygen atoms in total. The predicted molar refractivity (Wildman–Crippen MR) is 87.7 cm³/mol. The van der Waals surface area contributed by atoms with E-state index in [0.29, 0.717) is 6.04 Å². The van der Waals surface area contributed by atoms with E-state index < -0.39 is 5.60 Å². The average Bonchev–Trinajstić information content (AvgIpc) is 2.46. The quantitative estimate of drug-likeness (QED) is 0.800. The summed E-state index contributed by atoms with van der Waals surface area (Å²) >= 11 is 0. The van der Waals surface area contributed by atoms with Crippen molar-refractivity contribution in [1.29, 1.82) is 0 Å². The van der Waals surface area contributed by atoms with Crippen LogP contribution in [0.2, 0.25) is 0 Å². The highest BCUT2D eigenvalue weighted by molar-refractivity contribution is 5.28. The third-order valence-electron chi connectivity index (χ3n) is 3.82. The summed E-state index contributed by atoms with van der Waals surface area (Å²) in [7, 11) is 1.71. The minimum absolute atomic E-state index is 0.442. The lowest BCUT2D eigenvalue weighted by molar-refractivity contribution is 0.0110. The first kappa shape index (κ1) is 18.1. The summed E-state index contributed by atoms with van der Waals surface area (Å²) in [5.74, 6) is 0.791. The summed E-state index contributed by atoms with van der Waals surface area (Å²) < 4.78 is 5.54. The molecule has 21 heavy (non-hydrogen) atoms. The van der Waals surface area contributed by atoms with Crippen LogP contribution >= 0.6 is 0 Å². The Morgan fingerprint density at radius 2 is 1.62 bits per heavy atom. The van der Waals surface area contributed by atoms with E-state index in [0.717, 1.165) is 43.0 Å². The number of hydrogen-bond donors (Lipinski definition) is 1. The highest BCUT2D eigenvalue weighted by atomic mass is 16.5. The van der Waals surface area contributed by atoms with E-state index in [2.05, 4.69) is 33.0 Å². The maximum Gasteiger partial charge on any atom is 0.160 e. The molecule has 0 radical (unpaired) electrons. The van der Waals surface area contributed by atoms with Crippen LogP contribution in [0.5, 0.6) is 0 Å². The Kier molecular flexibility index (Phi) is 6.75. The van der Waals surface area contributed by atoms with Crippen molar-refractivity contribution < 1.29 is 4.74 Å². The minimum atomic E-state index is -0.442. The van der Waals surface area contributed by atoms with Crippen LogP contribution < -0.4 is 5.32 Å². The van der Waals surface area contributed by atoms with Crippen LogP contribution in [0.1, 0.15) is 64.3 Å². The third kappa shape index (κ3) is 4.75. The molecule has 0 saturated carbocycles. The Hall–Kier alpha value is -1.00. The van der Waals surface area contributed by atoms with Gasteiger partial charge in [0.1, 0.15) is 5.60 Å². The Balaban J connectivity index is 3.13. The number of hydrogen-bond acceptors (Lipinski definition) is 4. The maximum absolute atomic E-state index is 5.54. The number of methoxy groups -OCH3 is 1. The Morgan fingerprint density at radius 1 is 1.10 bits per heavy atom. The SMILES string of the molecule is CCc1nc(C(C)(C)OC)nc(CC)c1CCNC(C)C. The van der Waals surface area contributed by atoms with Crippen molar-refractivity contribution in [2.45, 2.75) is 72.4 Å². The van der Waals surface area contributed by atoms with Gasteiger partial charge < -0.3 is 10.1 Å². The Labute approximate surface area is 129 Å². The van der Waals surface area contributed by atoms with Gasteiger partial charge in [-0.25, -0.2) is 9.97 Å². The first-order chi connectivity index (χ1) is 9.85. The Bertz CT molecular complexity index is 430. The van der Waals surface area contributed by atoms with Gasteiger partial charge in [-0.05, 0) is 45.2 Å². The van der Waals surface area contributed by atoms with Crippen molar-refractivity contribution in [3.05, 3.63) is 22.8 Å². The average molecular weight is 293 g/mol. The van der Waals surface area contributed by atoms with Crippen molar-refractivity contribution in [2.75, 3.05) is 13.7 Å². The molecule has 1 aromatic rings. The number of nitrogens with one attached hydrogen (secondary N) is 1. The van der Waals surface area contributed by atoms with Gasteiger partial charge in [-0.3, -0.25) is 0 Å². The fourth-order valence-corrected chi connectivity index (χ4v) is 2.30. The normalized spacial score (nSPS) is 12.2. The van der Waals surface area contributed by atoms with Crippen molar-refractivity contribution in [3.8, 4) is 0 Å². The fourth-order valence-electron chi connectivity index (χ4n) is 2.30. The highest BCUT2D eigenvalue weighted by Gasteiger charge is 2.25. The molecule has 0 aliphatic rings. The molecule has 0 atom stereocenters. The topological polar surface area (TPSA) is 47.0 Å². The molecule has 1 heterocycles. The molecule has 0 bridgehead atoms. The molecule has 1 rings (SSSR count). The summed E-state index contributed by atoms with van der Waals surface area (Å²) in [5.41, 5.74) is 3.19. The molecule has 1 aromatic heterocycles. The summed E-state index contributed by atoms with van der Waals surface area (Å²) in [5, 5.41) is 3.47. The van der Waals surface area contributed by atoms with E-state index in [1.54, 1.807) is 7.11 Å². The molecule has 0 aliphatic heterocycles. The first-order valence-electron chi connectivity index (χ1n) is 8.03. The molecule has 0 saturated heterocycles. The summed E-state index contributed by atoms with van der Waals surface area (Å²) in [4.78, 5) is 9.55. The second-order valence-electron chi connectivity index (χ2n) is 6.20. The summed E-state index contributed by atoms with van der Waals surface area (Å²) in [6, 6.07) is 0.507. The number of ether oxygens (including phenoxy) is 1. The van der Waals surface area contributed by atoms with E-state index in [-0.39, 0.29) is 0 Å². The fraction of sp³-hybridized carbons (Fsp3) is 0.765. The van der Waals surface area contributed by atoms with E-state index in [1.807, 2.05) is 13.8 Å².